The minimum atomic E-state index is -0.962. The van der Waals surface area contributed by atoms with Crippen LogP contribution in [0.15, 0.2) is 24.3 Å². The van der Waals surface area contributed by atoms with Crippen LogP contribution in [0.1, 0.15) is 38.2 Å². The number of carboxylic acids is 1. The van der Waals surface area contributed by atoms with Crippen molar-refractivity contribution in [3.63, 3.8) is 0 Å². The zero-order valence-electron chi connectivity index (χ0n) is 13.6. The molecule has 0 heterocycles. The second-order valence-corrected chi connectivity index (χ2v) is 5.66. The third-order valence-electron chi connectivity index (χ3n) is 3.55. The molecule has 5 heteroatoms. The molecule has 0 bridgehead atoms. The molecule has 0 aromatic heterocycles. The van der Waals surface area contributed by atoms with Gasteiger partial charge in [0.2, 0.25) is 5.91 Å². The molecule has 0 unspecified atom stereocenters. The maximum Gasteiger partial charge on any atom is 0.326 e. The Bertz CT molecular complexity index is 500. The van der Waals surface area contributed by atoms with E-state index in [1.807, 2.05) is 50.2 Å². The Morgan fingerprint density at radius 1 is 1.32 bits per heavy atom. The van der Waals surface area contributed by atoms with Gasteiger partial charge in [0.15, 0.2) is 0 Å². The summed E-state index contributed by atoms with van der Waals surface area (Å²) in [5.41, 5.74) is 2.16. The Morgan fingerprint density at radius 2 is 2.05 bits per heavy atom. The second-order valence-electron chi connectivity index (χ2n) is 5.66. The zero-order valence-corrected chi connectivity index (χ0v) is 13.6. The molecule has 5 nitrogen and oxygen atoms in total. The van der Waals surface area contributed by atoms with Crippen molar-refractivity contribution in [3.8, 4) is 0 Å². The summed E-state index contributed by atoms with van der Waals surface area (Å²) < 4.78 is 0. The van der Waals surface area contributed by atoms with Crippen molar-refractivity contribution >= 4 is 17.6 Å². The number of nitrogens with one attached hydrogen (secondary N) is 1. The van der Waals surface area contributed by atoms with Gasteiger partial charge in [0.1, 0.15) is 6.04 Å². The van der Waals surface area contributed by atoms with E-state index in [0.29, 0.717) is 19.3 Å². The summed E-state index contributed by atoms with van der Waals surface area (Å²) >= 11 is 0. The molecular formula is C17H26N2O3. The molecule has 1 amide bonds. The van der Waals surface area contributed by atoms with E-state index < -0.39 is 12.0 Å². The Hall–Kier alpha value is -2.04. The monoisotopic (exact) mass is 306 g/mol. The van der Waals surface area contributed by atoms with Gasteiger partial charge in [0.05, 0.1) is 0 Å². The van der Waals surface area contributed by atoms with Gasteiger partial charge in [-0.1, -0.05) is 31.9 Å². The van der Waals surface area contributed by atoms with Crippen LogP contribution < -0.4 is 10.2 Å². The lowest BCUT2D eigenvalue weighted by molar-refractivity contribution is -0.142. The van der Waals surface area contributed by atoms with Gasteiger partial charge in [-0.05, 0) is 30.5 Å². The summed E-state index contributed by atoms with van der Waals surface area (Å²) in [5.74, 6) is -1.17. The predicted molar refractivity (Wildman–Crippen MR) is 88.2 cm³/mol. The molecule has 1 aromatic carbocycles. The Labute approximate surface area is 132 Å². The average Bonchev–Trinajstić information content (AvgIpc) is 2.49. The maximum atomic E-state index is 11.9. The van der Waals surface area contributed by atoms with Gasteiger partial charge in [-0.2, -0.15) is 0 Å². The van der Waals surface area contributed by atoms with Gasteiger partial charge < -0.3 is 15.3 Å². The van der Waals surface area contributed by atoms with Crippen LogP contribution in [-0.2, 0) is 16.0 Å². The molecule has 0 aliphatic carbocycles. The Kier molecular flexibility index (Phi) is 7.43. The number of hydrogen-bond acceptors (Lipinski definition) is 3. The van der Waals surface area contributed by atoms with E-state index in [-0.39, 0.29) is 5.91 Å². The molecule has 0 spiro atoms. The fourth-order valence-electron chi connectivity index (χ4n) is 2.18. The van der Waals surface area contributed by atoms with Gasteiger partial charge in [-0.3, -0.25) is 4.79 Å². The molecule has 0 aliphatic rings. The first kappa shape index (κ1) is 18.0. The lowest BCUT2D eigenvalue weighted by Crippen LogP contribution is -2.40. The van der Waals surface area contributed by atoms with E-state index >= 15 is 0 Å². The quantitative estimate of drug-likeness (QED) is 0.735. The van der Waals surface area contributed by atoms with Crippen molar-refractivity contribution in [2.75, 3.05) is 19.0 Å². The molecule has 0 saturated carbocycles. The van der Waals surface area contributed by atoms with Crippen molar-refractivity contribution in [2.45, 2.75) is 45.1 Å². The highest BCUT2D eigenvalue weighted by Crippen LogP contribution is 2.14. The van der Waals surface area contributed by atoms with Crippen molar-refractivity contribution in [3.05, 3.63) is 29.8 Å². The zero-order chi connectivity index (χ0) is 16.5. The van der Waals surface area contributed by atoms with E-state index in [4.69, 9.17) is 5.11 Å². The molecule has 1 rings (SSSR count). The minimum Gasteiger partial charge on any atom is -0.480 e. The van der Waals surface area contributed by atoms with Crippen molar-refractivity contribution < 1.29 is 14.7 Å². The largest absolute Gasteiger partial charge is 0.480 e. The molecule has 0 aliphatic heterocycles. The molecule has 122 valence electrons. The third-order valence-corrected chi connectivity index (χ3v) is 3.55. The van der Waals surface area contributed by atoms with Crippen LogP contribution in [0, 0.1) is 0 Å². The summed E-state index contributed by atoms with van der Waals surface area (Å²) in [6, 6.07) is 7.21. The van der Waals surface area contributed by atoms with E-state index in [0.717, 1.165) is 24.1 Å². The molecule has 2 N–H and O–H groups in total. The number of aliphatic carboxylic acids is 1. The fraction of sp³-hybridized carbons (Fsp3) is 0.529. The van der Waals surface area contributed by atoms with Crippen LogP contribution in [-0.4, -0.2) is 37.1 Å². The van der Waals surface area contributed by atoms with Crippen LogP contribution in [0.25, 0.3) is 0 Å². The van der Waals surface area contributed by atoms with E-state index in [1.165, 1.54) is 0 Å². The molecule has 1 aromatic rings. The predicted octanol–water partition coefficient (Wildman–Crippen LogP) is 2.44. The number of unbranched alkanes of at least 4 members (excludes halogenated alkanes) is 1. The molecular weight excluding hydrogens is 280 g/mol. The number of anilines is 1. The van der Waals surface area contributed by atoms with Gasteiger partial charge in [0.25, 0.3) is 0 Å². The van der Waals surface area contributed by atoms with Gasteiger partial charge in [-0.25, -0.2) is 4.79 Å². The highest BCUT2D eigenvalue weighted by Gasteiger charge is 2.18. The van der Waals surface area contributed by atoms with E-state index in [9.17, 15) is 9.59 Å². The summed E-state index contributed by atoms with van der Waals surface area (Å²) in [5, 5.41) is 11.7. The SMILES string of the molecule is CCCC[C@H](NC(=O)CCc1cccc(N(C)C)c1)C(=O)O. The van der Waals surface area contributed by atoms with Gasteiger partial charge >= 0.3 is 5.97 Å². The first-order chi connectivity index (χ1) is 10.4. The highest BCUT2D eigenvalue weighted by molar-refractivity contribution is 5.83. The summed E-state index contributed by atoms with van der Waals surface area (Å²) in [6.45, 7) is 2.00. The molecule has 0 radical (unpaired) electrons. The number of benzene rings is 1. The Balaban J connectivity index is 2.51. The normalized spacial score (nSPS) is 11.8. The standard InChI is InChI=1S/C17H26N2O3/c1-4-5-9-15(17(21)22)18-16(20)11-10-13-7-6-8-14(12-13)19(2)3/h6-8,12,15H,4-5,9-11H2,1-3H3,(H,18,20)(H,21,22)/t15-/m0/s1. The number of carbonyl (C=O) groups is 2. The first-order valence-electron chi connectivity index (χ1n) is 7.72. The molecule has 22 heavy (non-hydrogen) atoms. The van der Waals surface area contributed by atoms with Gasteiger partial charge in [0, 0.05) is 26.2 Å². The topological polar surface area (TPSA) is 69.6 Å². The smallest absolute Gasteiger partial charge is 0.326 e. The van der Waals surface area contributed by atoms with Gasteiger partial charge in [-0.15, -0.1) is 0 Å². The maximum absolute atomic E-state index is 11.9. The Morgan fingerprint density at radius 3 is 2.64 bits per heavy atom. The van der Waals surface area contributed by atoms with Crippen molar-refractivity contribution in [1.82, 2.24) is 5.32 Å². The third kappa shape index (κ3) is 6.16. The minimum absolute atomic E-state index is 0.209. The second kappa shape index (κ2) is 9.07. The number of carboxylic acid groups (broad SMARTS) is 1. The van der Waals surface area contributed by atoms with Crippen LogP contribution in [0.4, 0.5) is 5.69 Å². The van der Waals surface area contributed by atoms with Crippen LogP contribution >= 0.6 is 0 Å². The average molecular weight is 306 g/mol. The molecule has 0 saturated heterocycles. The number of amides is 1. The molecule has 1 atom stereocenters. The lowest BCUT2D eigenvalue weighted by atomic mass is 10.1. The highest BCUT2D eigenvalue weighted by atomic mass is 16.4. The molecule has 0 fully saturated rings. The van der Waals surface area contributed by atoms with Crippen LogP contribution in [0.2, 0.25) is 0 Å². The summed E-state index contributed by atoms with van der Waals surface area (Å²) in [4.78, 5) is 25.1. The number of rotatable bonds is 9. The fourth-order valence-corrected chi connectivity index (χ4v) is 2.18. The van der Waals surface area contributed by atoms with Crippen molar-refractivity contribution in [1.29, 1.82) is 0 Å². The number of hydrogen-bond donors (Lipinski definition) is 2. The summed E-state index contributed by atoms with van der Waals surface area (Å²) in [7, 11) is 3.94. The van der Waals surface area contributed by atoms with Crippen LogP contribution in [0.5, 0.6) is 0 Å². The van der Waals surface area contributed by atoms with E-state index in [1.54, 1.807) is 0 Å². The van der Waals surface area contributed by atoms with E-state index in [2.05, 4.69) is 5.32 Å². The lowest BCUT2D eigenvalue weighted by Gasteiger charge is -2.15. The number of nitrogens with zero attached hydrogens (tertiary/aromatic N) is 1. The first-order valence-corrected chi connectivity index (χ1v) is 7.72. The number of aryl methyl sites for hydroxylation is 1. The van der Waals surface area contributed by atoms with Crippen LogP contribution in [0.3, 0.4) is 0 Å². The van der Waals surface area contributed by atoms with Crippen molar-refractivity contribution in [2.24, 2.45) is 0 Å². The summed E-state index contributed by atoms with van der Waals surface area (Å²) in [6.07, 6.45) is 3.09. The number of carbonyl (C=O) groups excluding carboxylic acids is 1.